The molecule has 0 saturated carbocycles. The van der Waals surface area contributed by atoms with Gasteiger partial charge in [-0.2, -0.15) is 0 Å². The SMILES string of the molecule is O=C(CCc1c(-c2ccccc2)[nH]c2ccc(F)cc12)N1CCN(c2cccc(O)c2)CC1. The molecule has 4 aromatic rings. The summed E-state index contributed by atoms with van der Waals surface area (Å²) in [7, 11) is 0. The van der Waals surface area contributed by atoms with E-state index in [9.17, 15) is 14.3 Å². The summed E-state index contributed by atoms with van der Waals surface area (Å²) < 4.78 is 14.0. The topological polar surface area (TPSA) is 59.6 Å². The van der Waals surface area contributed by atoms with Gasteiger partial charge in [0.2, 0.25) is 5.91 Å². The maximum atomic E-state index is 14.0. The molecule has 6 heteroatoms. The van der Waals surface area contributed by atoms with Crippen LogP contribution in [0.2, 0.25) is 0 Å². The molecule has 1 amide bonds. The normalized spacial score (nSPS) is 14.1. The van der Waals surface area contributed by atoms with Crippen molar-refractivity contribution in [3.63, 3.8) is 0 Å². The van der Waals surface area contributed by atoms with Gasteiger partial charge in [0.1, 0.15) is 11.6 Å². The molecule has 0 radical (unpaired) electrons. The Bertz CT molecular complexity index is 1280. The summed E-state index contributed by atoms with van der Waals surface area (Å²) in [6.07, 6.45) is 0.911. The van der Waals surface area contributed by atoms with Crippen LogP contribution in [0, 0.1) is 5.82 Å². The number of amides is 1. The van der Waals surface area contributed by atoms with Crippen molar-refractivity contribution >= 4 is 22.5 Å². The summed E-state index contributed by atoms with van der Waals surface area (Å²) >= 11 is 0. The number of piperazine rings is 1. The second-order valence-electron chi connectivity index (χ2n) is 8.42. The highest BCUT2D eigenvalue weighted by molar-refractivity contribution is 5.91. The predicted molar refractivity (Wildman–Crippen MR) is 129 cm³/mol. The van der Waals surface area contributed by atoms with Crippen molar-refractivity contribution in [3.05, 3.63) is 84.2 Å². The van der Waals surface area contributed by atoms with E-state index in [-0.39, 0.29) is 17.5 Å². The largest absolute Gasteiger partial charge is 0.508 e. The van der Waals surface area contributed by atoms with Gasteiger partial charge in [0.15, 0.2) is 0 Å². The van der Waals surface area contributed by atoms with Gasteiger partial charge in [-0.15, -0.1) is 0 Å². The lowest BCUT2D eigenvalue weighted by Crippen LogP contribution is -2.48. The van der Waals surface area contributed by atoms with Crippen LogP contribution in [0.1, 0.15) is 12.0 Å². The molecule has 0 aliphatic carbocycles. The monoisotopic (exact) mass is 443 g/mol. The Hall–Kier alpha value is -3.80. The van der Waals surface area contributed by atoms with Gasteiger partial charge in [0.05, 0.1) is 0 Å². The van der Waals surface area contributed by atoms with Crippen LogP contribution in [0.4, 0.5) is 10.1 Å². The Balaban J connectivity index is 1.30. The molecule has 2 heterocycles. The van der Waals surface area contributed by atoms with Crippen LogP contribution in [0.25, 0.3) is 22.2 Å². The van der Waals surface area contributed by atoms with E-state index >= 15 is 0 Å². The Kier molecular flexibility index (Phi) is 5.73. The third-order valence-electron chi connectivity index (χ3n) is 6.35. The highest BCUT2D eigenvalue weighted by atomic mass is 19.1. The van der Waals surface area contributed by atoms with Crippen LogP contribution >= 0.6 is 0 Å². The first-order chi connectivity index (χ1) is 16.1. The number of benzene rings is 3. The zero-order chi connectivity index (χ0) is 22.8. The average molecular weight is 444 g/mol. The minimum atomic E-state index is -0.281. The molecule has 168 valence electrons. The van der Waals surface area contributed by atoms with Crippen LogP contribution in [0.5, 0.6) is 5.75 Å². The number of aryl methyl sites for hydroxylation is 1. The summed E-state index contributed by atoms with van der Waals surface area (Å²) in [4.78, 5) is 20.5. The molecule has 1 aromatic heterocycles. The molecule has 1 aliphatic rings. The molecular weight excluding hydrogens is 417 g/mol. The van der Waals surface area contributed by atoms with Crippen molar-refractivity contribution in [1.29, 1.82) is 0 Å². The van der Waals surface area contributed by atoms with Crippen LogP contribution < -0.4 is 4.90 Å². The van der Waals surface area contributed by atoms with Crippen LogP contribution in [0.3, 0.4) is 0 Å². The van der Waals surface area contributed by atoms with Crippen molar-refractivity contribution in [3.8, 4) is 17.0 Å². The van der Waals surface area contributed by atoms with Gasteiger partial charge < -0.3 is 19.9 Å². The molecule has 5 nitrogen and oxygen atoms in total. The van der Waals surface area contributed by atoms with E-state index in [4.69, 9.17) is 0 Å². The molecule has 0 spiro atoms. The minimum Gasteiger partial charge on any atom is -0.508 e. The van der Waals surface area contributed by atoms with Gasteiger partial charge in [-0.1, -0.05) is 36.4 Å². The highest BCUT2D eigenvalue weighted by Gasteiger charge is 2.22. The van der Waals surface area contributed by atoms with E-state index in [0.717, 1.165) is 46.5 Å². The fourth-order valence-electron chi connectivity index (χ4n) is 4.62. The molecular formula is C27H26FN3O2. The first-order valence-corrected chi connectivity index (χ1v) is 11.3. The zero-order valence-electron chi connectivity index (χ0n) is 18.3. The number of phenols is 1. The van der Waals surface area contributed by atoms with Crippen molar-refractivity contribution in [1.82, 2.24) is 9.88 Å². The molecule has 1 fully saturated rings. The van der Waals surface area contributed by atoms with Crippen LogP contribution in [-0.4, -0.2) is 47.1 Å². The number of aromatic amines is 1. The molecule has 2 N–H and O–H groups in total. The number of aromatic hydroxyl groups is 1. The summed E-state index contributed by atoms with van der Waals surface area (Å²) in [5.74, 6) is 0.0717. The smallest absolute Gasteiger partial charge is 0.223 e. The van der Waals surface area contributed by atoms with Gasteiger partial charge in [0, 0.05) is 61.0 Å². The molecule has 33 heavy (non-hydrogen) atoms. The molecule has 1 saturated heterocycles. The number of nitrogens with zero attached hydrogens (tertiary/aromatic N) is 2. The molecule has 0 bridgehead atoms. The number of carbonyl (C=O) groups is 1. The van der Waals surface area contributed by atoms with E-state index in [0.29, 0.717) is 25.9 Å². The quantitative estimate of drug-likeness (QED) is 0.458. The summed E-state index contributed by atoms with van der Waals surface area (Å²) in [6.45, 7) is 2.73. The first-order valence-electron chi connectivity index (χ1n) is 11.3. The lowest BCUT2D eigenvalue weighted by atomic mass is 10.0. The van der Waals surface area contributed by atoms with E-state index in [1.54, 1.807) is 24.3 Å². The van der Waals surface area contributed by atoms with E-state index in [1.807, 2.05) is 47.4 Å². The number of hydrogen-bond acceptors (Lipinski definition) is 3. The molecule has 1 aliphatic heterocycles. The summed E-state index contributed by atoms with van der Waals surface area (Å²) in [5, 5.41) is 10.6. The number of halogens is 1. The van der Waals surface area contributed by atoms with E-state index in [1.165, 1.54) is 6.07 Å². The van der Waals surface area contributed by atoms with Gasteiger partial charge in [-0.05, 0) is 47.9 Å². The van der Waals surface area contributed by atoms with E-state index < -0.39 is 0 Å². The molecule has 0 atom stereocenters. The first kappa shape index (κ1) is 21.1. The van der Waals surface area contributed by atoms with Gasteiger partial charge >= 0.3 is 0 Å². The number of aromatic nitrogens is 1. The third kappa shape index (κ3) is 4.42. The van der Waals surface area contributed by atoms with Gasteiger partial charge in [0.25, 0.3) is 0 Å². The number of H-pyrrole nitrogens is 1. The van der Waals surface area contributed by atoms with Crippen molar-refractivity contribution in [2.75, 3.05) is 31.1 Å². The fourth-order valence-corrected chi connectivity index (χ4v) is 4.62. The van der Waals surface area contributed by atoms with E-state index in [2.05, 4.69) is 9.88 Å². The van der Waals surface area contributed by atoms with Crippen molar-refractivity contribution in [2.24, 2.45) is 0 Å². The number of nitrogens with one attached hydrogen (secondary N) is 1. The Morgan fingerprint density at radius 2 is 1.73 bits per heavy atom. The Labute approximate surface area is 192 Å². The lowest BCUT2D eigenvalue weighted by molar-refractivity contribution is -0.131. The fraction of sp³-hybridized carbons (Fsp3) is 0.222. The summed E-state index contributed by atoms with van der Waals surface area (Å²) in [6, 6.07) is 21.9. The third-order valence-corrected chi connectivity index (χ3v) is 6.35. The van der Waals surface area contributed by atoms with Gasteiger partial charge in [-0.3, -0.25) is 4.79 Å². The number of carbonyl (C=O) groups excluding carboxylic acids is 1. The number of hydrogen-bond donors (Lipinski definition) is 2. The van der Waals surface area contributed by atoms with Crippen molar-refractivity contribution < 1.29 is 14.3 Å². The maximum absolute atomic E-state index is 14.0. The zero-order valence-corrected chi connectivity index (χ0v) is 18.3. The lowest BCUT2D eigenvalue weighted by Gasteiger charge is -2.36. The highest BCUT2D eigenvalue weighted by Crippen LogP contribution is 2.32. The second kappa shape index (κ2) is 8.98. The number of fused-ring (bicyclic) bond motifs is 1. The number of anilines is 1. The maximum Gasteiger partial charge on any atom is 0.223 e. The van der Waals surface area contributed by atoms with Crippen molar-refractivity contribution in [2.45, 2.75) is 12.8 Å². The second-order valence-corrected chi connectivity index (χ2v) is 8.42. The van der Waals surface area contributed by atoms with Crippen LogP contribution in [-0.2, 0) is 11.2 Å². The summed E-state index contributed by atoms with van der Waals surface area (Å²) in [5.41, 5.74) is 4.78. The number of rotatable bonds is 5. The minimum absolute atomic E-state index is 0.107. The molecule has 0 unspecified atom stereocenters. The number of phenolic OH excluding ortho intramolecular Hbond substituents is 1. The molecule has 3 aromatic carbocycles. The Morgan fingerprint density at radius 1 is 0.939 bits per heavy atom. The predicted octanol–water partition coefficient (Wildman–Crippen LogP) is 4.96. The standard InChI is InChI=1S/C27H26FN3O2/c28-20-9-11-25-24(17-20)23(27(29-25)19-5-2-1-3-6-19)10-12-26(33)31-15-13-30(14-16-31)21-7-4-8-22(32)18-21/h1-9,11,17-18,29,32H,10,12-16H2. The Morgan fingerprint density at radius 3 is 2.48 bits per heavy atom. The van der Waals surface area contributed by atoms with Gasteiger partial charge in [-0.25, -0.2) is 4.39 Å². The molecule has 5 rings (SSSR count). The van der Waals surface area contributed by atoms with Crippen LogP contribution in [0.15, 0.2) is 72.8 Å². The average Bonchev–Trinajstić information content (AvgIpc) is 3.21.